The molecule has 1 aromatic carbocycles. The molecule has 1 aromatic rings. The lowest BCUT2D eigenvalue weighted by molar-refractivity contribution is -0.135. The number of amides is 2. The zero-order chi connectivity index (χ0) is 17.3. The van der Waals surface area contributed by atoms with Crippen molar-refractivity contribution < 1.29 is 32.4 Å². The van der Waals surface area contributed by atoms with E-state index >= 15 is 0 Å². The van der Waals surface area contributed by atoms with Crippen LogP contribution in [0.4, 0.5) is 10.5 Å². The molecule has 11 heteroatoms. The molecule has 1 rings (SSSR count). The second kappa shape index (κ2) is 8.81. The van der Waals surface area contributed by atoms with Crippen molar-refractivity contribution in [3.05, 3.63) is 18.2 Å². The minimum absolute atomic E-state index is 0.00467. The summed E-state index contributed by atoms with van der Waals surface area (Å²) >= 11 is 0. The van der Waals surface area contributed by atoms with Gasteiger partial charge < -0.3 is 26.2 Å². The Kier molecular flexibility index (Phi) is 7.87. The van der Waals surface area contributed by atoms with Crippen molar-refractivity contribution in [2.24, 2.45) is 5.73 Å². The number of nitrogens with two attached hydrogens (primary N) is 1. The highest BCUT2D eigenvalue weighted by Gasteiger charge is 2.17. The molecule has 6 N–H and O–H groups in total. The molecule has 10 nitrogen and oxygen atoms in total. The van der Waals surface area contributed by atoms with Gasteiger partial charge in [-0.15, -0.1) is 0 Å². The second-order valence-electron chi connectivity index (χ2n) is 3.64. The van der Waals surface area contributed by atoms with E-state index in [1.807, 2.05) is 0 Å². The van der Waals surface area contributed by atoms with Crippen molar-refractivity contribution in [1.82, 2.24) is 5.32 Å². The summed E-state index contributed by atoms with van der Waals surface area (Å²) in [6.07, 6.45) is 0. The van der Waals surface area contributed by atoms with Gasteiger partial charge in [-0.25, -0.2) is 4.79 Å². The topological polar surface area (TPSA) is 168 Å². The third kappa shape index (κ3) is 6.88. The number of carboxylic acid groups (broad SMARTS) is 1. The van der Waals surface area contributed by atoms with Gasteiger partial charge in [0.25, 0.3) is 10.1 Å². The Morgan fingerprint density at radius 3 is 2.27 bits per heavy atom. The number of benzene rings is 1. The summed E-state index contributed by atoms with van der Waals surface area (Å²) in [5, 5.41) is 12.3. The standard InChI is InChI=1S/C9H12N2O5S.C2H5NO2/c1-10-9(12)11-6-3-4-7(16-2)8(5-6)17(13,14)15;3-1-2(4)5/h3-5H,1-2H3,(H2,10,11,12)(H,13,14,15);1,3H2,(H,4,5). The summed E-state index contributed by atoms with van der Waals surface area (Å²) in [5.41, 5.74) is 4.79. The molecule has 0 radical (unpaired) electrons. The van der Waals surface area contributed by atoms with Crippen LogP contribution in [0.25, 0.3) is 0 Å². The molecule has 0 saturated carbocycles. The van der Waals surface area contributed by atoms with E-state index in [2.05, 4.69) is 16.4 Å². The number of rotatable bonds is 4. The smallest absolute Gasteiger partial charge is 0.318 e. The molecule has 0 bridgehead atoms. The van der Waals surface area contributed by atoms with Crippen molar-refractivity contribution in [3.63, 3.8) is 0 Å². The highest BCUT2D eigenvalue weighted by molar-refractivity contribution is 7.86. The van der Waals surface area contributed by atoms with E-state index in [-0.39, 0.29) is 18.0 Å². The van der Waals surface area contributed by atoms with Crippen molar-refractivity contribution in [2.75, 3.05) is 26.0 Å². The maximum absolute atomic E-state index is 11.1. The molecular weight excluding hydrogens is 318 g/mol. The van der Waals surface area contributed by atoms with Crippen LogP contribution < -0.4 is 21.1 Å². The SMILES string of the molecule is CNC(=O)Nc1ccc(OC)c(S(=O)(=O)O)c1.NCC(=O)O. The van der Waals surface area contributed by atoms with Crippen molar-refractivity contribution >= 4 is 27.8 Å². The van der Waals surface area contributed by atoms with E-state index < -0.39 is 27.0 Å². The predicted octanol–water partition coefficient (Wildman–Crippen LogP) is -0.277. The molecule has 0 heterocycles. The molecule has 124 valence electrons. The van der Waals surface area contributed by atoms with Gasteiger partial charge in [-0.2, -0.15) is 8.42 Å². The van der Waals surface area contributed by atoms with E-state index in [0.29, 0.717) is 0 Å². The number of carboxylic acids is 1. The Morgan fingerprint density at radius 1 is 1.36 bits per heavy atom. The van der Waals surface area contributed by atoms with Crippen LogP contribution in [0.2, 0.25) is 0 Å². The summed E-state index contributed by atoms with van der Waals surface area (Å²) in [5.74, 6) is -0.972. The van der Waals surface area contributed by atoms with Crippen molar-refractivity contribution in [2.45, 2.75) is 4.90 Å². The van der Waals surface area contributed by atoms with Crippen LogP contribution in [-0.2, 0) is 14.9 Å². The quantitative estimate of drug-likeness (QED) is 0.468. The van der Waals surface area contributed by atoms with E-state index in [9.17, 15) is 18.0 Å². The van der Waals surface area contributed by atoms with Crippen molar-refractivity contribution in [3.8, 4) is 5.75 Å². The zero-order valence-electron chi connectivity index (χ0n) is 11.9. The summed E-state index contributed by atoms with van der Waals surface area (Å²) in [6, 6.07) is 3.37. The molecular formula is C11H17N3O7S. The number of urea groups is 1. The molecule has 22 heavy (non-hydrogen) atoms. The van der Waals surface area contributed by atoms with Gasteiger partial charge in [0.05, 0.1) is 13.7 Å². The van der Waals surface area contributed by atoms with Crippen LogP contribution in [0.5, 0.6) is 5.75 Å². The summed E-state index contributed by atoms with van der Waals surface area (Å²) in [6.45, 7) is -0.278. The normalized spacial score (nSPS) is 10.0. The Bertz CT molecular complexity index is 631. The summed E-state index contributed by atoms with van der Waals surface area (Å²) in [4.78, 5) is 19.9. The fourth-order valence-electron chi connectivity index (χ4n) is 1.15. The fourth-order valence-corrected chi connectivity index (χ4v) is 1.83. The first-order valence-electron chi connectivity index (χ1n) is 5.71. The van der Waals surface area contributed by atoms with Crippen LogP contribution in [0.1, 0.15) is 0 Å². The number of methoxy groups -OCH3 is 1. The fraction of sp³-hybridized carbons (Fsp3) is 0.273. The van der Waals surface area contributed by atoms with Crippen LogP contribution in [0, 0.1) is 0 Å². The molecule has 0 aromatic heterocycles. The van der Waals surface area contributed by atoms with Crippen LogP contribution in [0.15, 0.2) is 23.1 Å². The van der Waals surface area contributed by atoms with E-state index in [0.717, 1.165) is 6.07 Å². The minimum atomic E-state index is -4.41. The first-order valence-corrected chi connectivity index (χ1v) is 7.15. The highest BCUT2D eigenvalue weighted by Crippen LogP contribution is 2.26. The van der Waals surface area contributed by atoms with Gasteiger partial charge in [0, 0.05) is 12.7 Å². The number of ether oxygens (including phenoxy) is 1. The molecule has 0 aliphatic carbocycles. The van der Waals surface area contributed by atoms with Crippen LogP contribution in [0.3, 0.4) is 0 Å². The first-order chi connectivity index (χ1) is 10.1. The number of hydrogen-bond donors (Lipinski definition) is 5. The average molecular weight is 335 g/mol. The Morgan fingerprint density at radius 2 is 1.91 bits per heavy atom. The van der Waals surface area contributed by atoms with Gasteiger partial charge in [-0.05, 0) is 18.2 Å². The van der Waals surface area contributed by atoms with E-state index in [4.69, 9.17) is 14.4 Å². The largest absolute Gasteiger partial charge is 0.495 e. The van der Waals surface area contributed by atoms with E-state index in [1.165, 1.54) is 26.3 Å². The summed E-state index contributed by atoms with van der Waals surface area (Å²) in [7, 11) is -1.71. The lowest BCUT2D eigenvalue weighted by Gasteiger charge is -2.09. The number of hydrogen-bond acceptors (Lipinski definition) is 6. The van der Waals surface area contributed by atoms with E-state index in [1.54, 1.807) is 0 Å². The lowest BCUT2D eigenvalue weighted by Crippen LogP contribution is -2.24. The predicted molar refractivity (Wildman–Crippen MR) is 77.6 cm³/mol. The van der Waals surface area contributed by atoms with Crippen LogP contribution >= 0.6 is 0 Å². The third-order valence-corrected chi connectivity index (χ3v) is 2.98. The maximum Gasteiger partial charge on any atom is 0.318 e. The molecule has 0 spiro atoms. The Balaban J connectivity index is 0.000000763. The zero-order valence-corrected chi connectivity index (χ0v) is 12.7. The molecule has 0 saturated heterocycles. The number of carbonyl (C=O) groups is 2. The monoisotopic (exact) mass is 335 g/mol. The van der Waals surface area contributed by atoms with Gasteiger partial charge >= 0.3 is 12.0 Å². The first kappa shape index (κ1) is 19.6. The Labute approximate surface area is 127 Å². The maximum atomic E-state index is 11.1. The van der Waals surface area contributed by atoms with Gasteiger partial charge in [-0.1, -0.05) is 0 Å². The number of carbonyl (C=O) groups excluding carboxylic acids is 1. The minimum Gasteiger partial charge on any atom is -0.495 e. The second-order valence-corrected chi connectivity index (χ2v) is 5.03. The van der Waals surface area contributed by atoms with Crippen LogP contribution in [-0.4, -0.2) is 50.8 Å². The Hall–Kier alpha value is -2.37. The number of aliphatic carboxylic acids is 1. The summed E-state index contributed by atoms with van der Waals surface area (Å²) < 4.78 is 35.9. The number of nitrogens with one attached hydrogen (secondary N) is 2. The van der Waals surface area contributed by atoms with Gasteiger partial charge in [0.15, 0.2) is 0 Å². The molecule has 0 fully saturated rings. The lowest BCUT2D eigenvalue weighted by atomic mass is 10.3. The molecule has 0 atom stereocenters. The van der Waals surface area contributed by atoms with Gasteiger partial charge in [0.1, 0.15) is 10.6 Å². The third-order valence-electron chi connectivity index (χ3n) is 2.10. The van der Waals surface area contributed by atoms with Gasteiger partial charge in [-0.3, -0.25) is 9.35 Å². The van der Waals surface area contributed by atoms with Crippen molar-refractivity contribution in [1.29, 1.82) is 0 Å². The number of anilines is 1. The highest BCUT2D eigenvalue weighted by atomic mass is 32.2. The molecule has 0 aliphatic rings. The molecule has 0 unspecified atom stereocenters. The van der Waals surface area contributed by atoms with Gasteiger partial charge in [0.2, 0.25) is 0 Å². The average Bonchev–Trinajstić information content (AvgIpc) is 2.46. The molecule has 0 aliphatic heterocycles. The molecule has 2 amide bonds.